The maximum Gasteiger partial charge on any atom is 0.242 e. The molecule has 0 spiro atoms. The molecule has 0 aliphatic carbocycles. The molecule has 3 heterocycles. The van der Waals surface area contributed by atoms with Gasteiger partial charge < -0.3 is 25.7 Å². The second-order valence-corrected chi connectivity index (χ2v) is 9.36. The lowest BCUT2D eigenvalue weighted by molar-refractivity contribution is -0.130. The van der Waals surface area contributed by atoms with Crippen molar-refractivity contribution in [3.8, 4) is 0 Å². The molecule has 2 atom stereocenters. The number of hydrogen-bond acceptors (Lipinski definition) is 5. The second kappa shape index (κ2) is 12.2. The molecule has 8 nitrogen and oxygen atoms in total. The van der Waals surface area contributed by atoms with Gasteiger partial charge in [0, 0.05) is 43.6 Å². The average Bonchev–Trinajstić information content (AvgIpc) is 3.26. The van der Waals surface area contributed by atoms with Crippen LogP contribution in [0.3, 0.4) is 0 Å². The third-order valence-electron chi connectivity index (χ3n) is 6.30. The van der Waals surface area contributed by atoms with Crippen molar-refractivity contribution in [3.05, 3.63) is 64.9 Å². The molecule has 9 heteroatoms. The zero-order chi connectivity index (χ0) is 24.6. The van der Waals surface area contributed by atoms with Crippen LogP contribution >= 0.6 is 11.6 Å². The maximum absolute atomic E-state index is 13.2. The predicted molar refractivity (Wildman–Crippen MR) is 136 cm³/mol. The molecule has 3 aromatic rings. The second-order valence-electron chi connectivity index (χ2n) is 8.95. The van der Waals surface area contributed by atoms with Crippen LogP contribution < -0.4 is 16.0 Å². The first-order chi connectivity index (χ1) is 17.0. The normalized spacial score (nSPS) is 16.1. The van der Waals surface area contributed by atoms with Gasteiger partial charge in [0.15, 0.2) is 0 Å². The topological polar surface area (TPSA) is 108 Å². The van der Waals surface area contributed by atoms with Gasteiger partial charge in [-0.15, -0.1) is 0 Å². The number of rotatable bonds is 10. The molecular weight excluding hydrogens is 466 g/mol. The zero-order valence-corrected chi connectivity index (χ0v) is 20.6. The van der Waals surface area contributed by atoms with E-state index < -0.39 is 12.1 Å². The monoisotopic (exact) mass is 497 g/mol. The summed E-state index contributed by atoms with van der Waals surface area (Å²) < 4.78 is 5.45. The van der Waals surface area contributed by atoms with E-state index in [-0.39, 0.29) is 17.9 Å². The van der Waals surface area contributed by atoms with Gasteiger partial charge in [-0.05, 0) is 49.8 Å². The number of carbonyl (C=O) groups excluding carboxylic acids is 2. The first-order valence-corrected chi connectivity index (χ1v) is 12.4. The van der Waals surface area contributed by atoms with E-state index in [1.807, 2.05) is 24.3 Å². The molecule has 1 fully saturated rings. The van der Waals surface area contributed by atoms with Crippen LogP contribution in [0.15, 0.2) is 48.8 Å². The van der Waals surface area contributed by atoms with Gasteiger partial charge in [-0.2, -0.15) is 0 Å². The molecule has 2 amide bonds. The van der Waals surface area contributed by atoms with E-state index in [0.717, 1.165) is 30.2 Å². The Labute approximate surface area is 210 Å². The molecule has 1 unspecified atom stereocenters. The lowest BCUT2D eigenvalue weighted by atomic mass is 10.0. The number of ether oxygens (including phenoxy) is 1. The fourth-order valence-electron chi connectivity index (χ4n) is 4.23. The van der Waals surface area contributed by atoms with Crippen LogP contribution in [0.4, 0.5) is 0 Å². The number of aromatic amines is 1. The smallest absolute Gasteiger partial charge is 0.242 e. The number of carbonyl (C=O) groups is 2. The van der Waals surface area contributed by atoms with Crippen molar-refractivity contribution < 1.29 is 14.3 Å². The number of nitrogens with one attached hydrogen (secondary N) is 4. The van der Waals surface area contributed by atoms with Crippen LogP contribution in [-0.2, 0) is 27.3 Å². The van der Waals surface area contributed by atoms with E-state index in [9.17, 15) is 9.59 Å². The number of amides is 2. The van der Waals surface area contributed by atoms with Gasteiger partial charge in [-0.1, -0.05) is 41.9 Å². The number of halogens is 1. The summed E-state index contributed by atoms with van der Waals surface area (Å²) in [6.07, 6.45) is 6.53. The molecule has 1 aliphatic heterocycles. The van der Waals surface area contributed by atoms with Gasteiger partial charge in [-0.3, -0.25) is 9.59 Å². The summed E-state index contributed by atoms with van der Waals surface area (Å²) in [5, 5.41) is 10.7. The molecule has 1 aromatic carbocycles. The Bertz CT molecular complexity index is 1130. The Morgan fingerprint density at radius 3 is 2.71 bits per heavy atom. The summed E-state index contributed by atoms with van der Waals surface area (Å²) in [4.78, 5) is 33.2. The fourth-order valence-corrected chi connectivity index (χ4v) is 4.43. The standard InChI is InChI=1S/C26H32ClN5O3/c1-17(25(33)30-15-19-13-21-22(27)16-29-24(21)28-14-19)31-26(34)23(32-20-9-11-35-12-10-20)8-7-18-5-3-2-4-6-18/h2-6,13-14,16-17,20,23,32H,7-12,15H2,1H3,(H,28,29)(H,30,33)(H,31,34)/t17?,23-/m1/s1. The quantitative estimate of drug-likeness (QED) is 0.344. The zero-order valence-electron chi connectivity index (χ0n) is 19.9. The van der Waals surface area contributed by atoms with Crippen LogP contribution in [0.5, 0.6) is 0 Å². The first kappa shape index (κ1) is 25.2. The Hall–Kier alpha value is -2.94. The van der Waals surface area contributed by atoms with Crippen LogP contribution in [0.1, 0.15) is 37.3 Å². The molecule has 1 saturated heterocycles. The SMILES string of the molecule is CC(NC(=O)[C@@H](CCc1ccccc1)NC1CCOCC1)C(=O)NCc1cnc2[nH]cc(Cl)c2c1. The molecule has 0 saturated carbocycles. The van der Waals surface area contributed by atoms with Crippen molar-refractivity contribution in [2.24, 2.45) is 0 Å². The number of fused-ring (bicyclic) bond motifs is 1. The van der Waals surface area contributed by atoms with E-state index >= 15 is 0 Å². The van der Waals surface area contributed by atoms with Crippen LogP contribution in [0, 0.1) is 0 Å². The summed E-state index contributed by atoms with van der Waals surface area (Å²) in [5.74, 6) is -0.427. The summed E-state index contributed by atoms with van der Waals surface area (Å²) in [6, 6.07) is 11.2. The minimum Gasteiger partial charge on any atom is -0.381 e. The van der Waals surface area contributed by atoms with Crippen molar-refractivity contribution >= 4 is 34.4 Å². The molecule has 4 N–H and O–H groups in total. The molecule has 0 bridgehead atoms. The first-order valence-electron chi connectivity index (χ1n) is 12.1. The Balaban J connectivity index is 1.32. The van der Waals surface area contributed by atoms with E-state index in [0.29, 0.717) is 36.8 Å². The highest BCUT2D eigenvalue weighted by Gasteiger charge is 2.26. The van der Waals surface area contributed by atoms with Crippen molar-refractivity contribution in [1.29, 1.82) is 0 Å². The van der Waals surface area contributed by atoms with E-state index in [1.54, 1.807) is 19.3 Å². The van der Waals surface area contributed by atoms with Crippen LogP contribution in [0.25, 0.3) is 11.0 Å². The highest BCUT2D eigenvalue weighted by molar-refractivity contribution is 6.35. The van der Waals surface area contributed by atoms with Gasteiger partial charge in [0.25, 0.3) is 0 Å². The summed E-state index contributed by atoms with van der Waals surface area (Å²) in [5.41, 5.74) is 2.70. The minimum atomic E-state index is -0.675. The fraction of sp³-hybridized carbons (Fsp3) is 0.423. The molecule has 186 valence electrons. The van der Waals surface area contributed by atoms with Crippen molar-refractivity contribution in [2.75, 3.05) is 13.2 Å². The molecule has 0 radical (unpaired) electrons. The van der Waals surface area contributed by atoms with Gasteiger partial charge in [0.2, 0.25) is 11.8 Å². The van der Waals surface area contributed by atoms with Gasteiger partial charge in [0.1, 0.15) is 11.7 Å². The highest BCUT2D eigenvalue weighted by atomic mass is 35.5. The minimum absolute atomic E-state index is 0.169. The van der Waals surface area contributed by atoms with E-state index in [1.165, 1.54) is 5.56 Å². The van der Waals surface area contributed by atoms with Crippen molar-refractivity contribution in [1.82, 2.24) is 25.9 Å². The number of pyridine rings is 1. The summed E-state index contributed by atoms with van der Waals surface area (Å²) in [6.45, 7) is 3.37. The largest absolute Gasteiger partial charge is 0.381 e. The van der Waals surface area contributed by atoms with Crippen molar-refractivity contribution in [3.63, 3.8) is 0 Å². The van der Waals surface area contributed by atoms with Crippen molar-refractivity contribution in [2.45, 2.75) is 57.3 Å². The van der Waals surface area contributed by atoms with E-state index in [4.69, 9.17) is 16.3 Å². The lowest BCUT2D eigenvalue weighted by Gasteiger charge is -2.29. The lowest BCUT2D eigenvalue weighted by Crippen LogP contribution is -2.54. The summed E-state index contributed by atoms with van der Waals surface area (Å²) in [7, 11) is 0. The highest BCUT2D eigenvalue weighted by Crippen LogP contribution is 2.22. The number of aryl methyl sites for hydroxylation is 1. The Morgan fingerprint density at radius 2 is 1.94 bits per heavy atom. The van der Waals surface area contributed by atoms with Gasteiger partial charge >= 0.3 is 0 Å². The maximum atomic E-state index is 13.2. The predicted octanol–water partition coefficient (Wildman–Crippen LogP) is 3.11. The van der Waals surface area contributed by atoms with Gasteiger partial charge in [-0.25, -0.2) is 4.98 Å². The molecular formula is C26H32ClN5O3. The van der Waals surface area contributed by atoms with Gasteiger partial charge in [0.05, 0.1) is 11.1 Å². The number of H-pyrrole nitrogens is 1. The Kier molecular flexibility index (Phi) is 8.74. The average molecular weight is 498 g/mol. The van der Waals surface area contributed by atoms with Crippen LogP contribution in [-0.4, -0.2) is 53.1 Å². The number of benzene rings is 1. The third kappa shape index (κ3) is 7.04. The van der Waals surface area contributed by atoms with E-state index in [2.05, 4.69) is 38.1 Å². The number of aromatic nitrogens is 2. The van der Waals surface area contributed by atoms with Crippen LogP contribution in [0.2, 0.25) is 5.02 Å². The summed E-state index contributed by atoms with van der Waals surface area (Å²) >= 11 is 6.16. The Morgan fingerprint density at radius 1 is 1.17 bits per heavy atom. The number of nitrogens with zero attached hydrogens (tertiary/aromatic N) is 1. The molecule has 35 heavy (non-hydrogen) atoms. The molecule has 2 aromatic heterocycles. The number of hydrogen-bond donors (Lipinski definition) is 4. The third-order valence-corrected chi connectivity index (χ3v) is 6.61. The molecule has 4 rings (SSSR count). The molecule has 1 aliphatic rings.